The maximum Gasteiger partial charge on any atom is 0.356 e. The number of carbonyl (C=O) groups excluding carboxylic acids is 1. The summed E-state index contributed by atoms with van der Waals surface area (Å²) in [6, 6.07) is 2.67. The number of sulfonamides is 1. The van der Waals surface area contributed by atoms with Crippen LogP contribution in [0.25, 0.3) is 0 Å². The lowest BCUT2D eigenvalue weighted by molar-refractivity contribution is -0.142. The normalized spacial score (nSPS) is 10.8. The molecule has 0 aliphatic carbocycles. The van der Waals surface area contributed by atoms with Crippen LogP contribution in [0.2, 0.25) is 0 Å². The molecular formula is C11H14N2O6S. The summed E-state index contributed by atoms with van der Waals surface area (Å²) in [7, 11) is -3.86. The molecule has 1 rings (SSSR count). The van der Waals surface area contributed by atoms with E-state index in [1.807, 2.05) is 0 Å². The van der Waals surface area contributed by atoms with E-state index in [9.17, 15) is 18.0 Å². The number of aromatic nitrogens is 1. The van der Waals surface area contributed by atoms with Crippen LogP contribution in [-0.2, 0) is 19.6 Å². The molecule has 0 saturated heterocycles. The molecule has 0 saturated carbocycles. The highest BCUT2D eigenvalue weighted by Gasteiger charge is 2.18. The number of esters is 1. The standard InChI is InChI=1S/C11H14N2O6S/c1-2-19-9(14)5-7-20(17,18)13-8-4-3-6-12-10(8)11(15)16/h3-4,6,13H,2,5,7H2,1H3,(H,15,16). The second-order valence-electron chi connectivity index (χ2n) is 3.68. The molecule has 110 valence electrons. The molecule has 0 aliphatic heterocycles. The maximum atomic E-state index is 11.7. The topological polar surface area (TPSA) is 123 Å². The van der Waals surface area contributed by atoms with Gasteiger partial charge in [0, 0.05) is 6.20 Å². The Bertz CT molecular complexity index is 599. The van der Waals surface area contributed by atoms with E-state index in [-0.39, 0.29) is 18.7 Å². The Morgan fingerprint density at radius 3 is 2.75 bits per heavy atom. The summed E-state index contributed by atoms with van der Waals surface area (Å²) < 4.78 is 30.2. The van der Waals surface area contributed by atoms with E-state index in [1.54, 1.807) is 6.92 Å². The quantitative estimate of drug-likeness (QED) is 0.702. The van der Waals surface area contributed by atoms with Crippen LogP contribution in [0.5, 0.6) is 0 Å². The highest BCUT2D eigenvalue weighted by Crippen LogP contribution is 2.14. The SMILES string of the molecule is CCOC(=O)CCS(=O)(=O)Nc1cccnc1C(=O)O. The molecule has 9 heteroatoms. The van der Waals surface area contributed by atoms with E-state index in [0.717, 1.165) is 0 Å². The zero-order chi connectivity index (χ0) is 15.2. The molecule has 0 atom stereocenters. The fourth-order valence-electron chi connectivity index (χ4n) is 1.33. The number of carbonyl (C=O) groups is 2. The van der Waals surface area contributed by atoms with Crippen molar-refractivity contribution in [1.29, 1.82) is 0 Å². The second-order valence-corrected chi connectivity index (χ2v) is 5.52. The second kappa shape index (κ2) is 6.85. The number of hydrogen-bond donors (Lipinski definition) is 2. The molecule has 0 aliphatic rings. The number of nitrogens with zero attached hydrogens (tertiary/aromatic N) is 1. The van der Waals surface area contributed by atoms with Crippen molar-refractivity contribution < 1.29 is 27.9 Å². The lowest BCUT2D eigenvalue weighted by Crippen LogP contribution is -2.21. The minimum Gasteiger partial charge on any atom is -0.476 e. The van der Waals surface area contributed by atoms with Gasteiger partial charge in [0.05, 0.1) is 24.5 Å². The summed E-state index contributed by atoms with van der Waals surface area (Å²) >= 11 is 0. The summed E-state index contributed by atoms with van der Waals surface area (Å²) in [6.07, 6.45) is 0.922. The minimum atomic E-state index is -3.86. The molecular weight excluding hydrogens is 288 g/mol. The molecule has 0 radical (unpaired) electrons. The number of carboxylic acid groups (broad SMARTS) is 1. The third-order valence-corrected chi connectivity index (χ3v) is 3.43. The Morgan fingerprint density at radius 2 is 2.15 bits per heavy atom. The third-order valence-electron chi connectivity index (χ3n) is 2.16. The highest BCUT2D eigenvalue weighted by molar-refractivity contribution is 7.92. The van der Waals surface area contributed by atoms with Gasteiger partial charge in [-0.15, -0.1) is 0 Å². The summed E-state index contributed by atoms with van der Waals surface area (Å²) in [5.74, 6) is -2.49. The van der Waals surface area contributed by atoms with Crippen LogP contribution < -0.4 is 4.72 Å². The van der Waals surface area contributed by atoms with Crippen LogP contribution in [0.4, 0.5) is 5.69 Å². The van der Waals surface area contributed by atoms with Crippen molar-refractivity contribution in [3.63, 3.8) is 0 Å². The Kier molecular flexibility index (Phi) is 5.44. The predicted molar refractivity (Wildman–Crippen MR) is 69.9 cm³/mol. The number of rotatable bonds is 7. The van der Waals surface area contributed by atoms with E-state index in [4.69, 9.17) is 5.11 Å². The maximum absolute atomic E-state index is 11.7. The van der Waals surface area contributed by atoms with Crippen molar-refractivity contribution in [3.05, 3.63) is 24.0 Å². The Morgan fingerprint density at radius 1 is 1.45 bits per heavy atom. The highest BCUT2D eigenvalue weighted by atomic mass is 32.2. The van der Waals surface area contributed by atoms with Gasteiger partial charge in [-0.05, 0) is 19.1 Å². The van der Waals surface area contributed by atoms with Gasteiger partial charge in [0.15, 0.2) is 5.69 Å². The molecule has 8 nitrogen and oxygen atoms in total. The van der Waals surface area contributed by atoms with Crippen LogP contribution in [0, 0.1) is 0 Å². The average molecular weight is 302 g/mol. The van der Waals surface area contributed by atoms with Crippen LogP contribution in [0.15, 0.2) is 18.3 Å². The fraction of sp³-hybridized carbons (Fsp3) is 0.364. The number of aromatic carboxylic acids is 1. The number of pyridine rings is 1. The molecule has 2 N–H and O–H groups in total. The molecule has 1 aromatic rings. The molecule has 0 amide bonds. The largest absolute Gasteiger partial charge is 0.476 e. The molecule has 20 heavy (non-hydrogen) atoms. The zero-order valence-corrected chi connectivity index (χ0v) is 11.5. The summed E-state index contributed by atoms with van der Waals surface area (Å²) in [6.45, 7) is 1.78. The lowest BCUT2D eigenvalue weighted by atomic mass is 10.3. The van der Waals surface area contributed by atoms with E-state index in [2.05, 4.69) is 14.4 Å². The molecule has 1 heterocycles. The van der Waals surface area contributed by atoms with Gasteiger partial charge in [-0.25, -0.2) is 18.2 Å². The minimum absolute atomic E-state index is 0.149. The van der Waals surface area contributed by atoms with Crippen molar-refractivity contribution >= 4 is 27.6 Å². The predicted octanol–water partition coefficient (Wildman–Crippen LogP) is 0.475. The van der Waals surface area contributed by atoms with Crippen LogP contribution in [0.3, 0.4) is 0 Å². The summed E-state index contributed by atoms with van der Waals surface area (Å²) in [4.78, 5) is 25.6. The van der Waals surface area contributed by atoms with E-state index < -0.39 is 33.4 Å². The average Bonchev–Trinajstić information content (AvgIpc) is 2.37. The first-order chi connectivity index (χ1) is 9.35. The van der Waals surface area contributed by atoms with Gasteiger partial charge in [-0.1, -0.05) is 0 Å². The van der Waals surface area contributed by atoms with Gasteiger partial charge in [-0.3, -0.25) is 9.52 Å². The smallest absolute Gasteiger partial charge is 0.356 e. The van der Waals surface area contributed by atoms with Crippen molar-refractivity contribution in [1.82, 2.24) is 4.98 Å². The van der Waals surface area contributed by atoms with Crippen molar-refractivity contribution in [3.8, 4) is 0 Å². The van der Waals surface area contributed by atoms with Gasteiger partial charge in [0.25, 0.3) is 0 Å². The molecule has 1 aromatic heterocycles. The molecule has 0 unspecified atom stereocenters. The first-order valence-electron chi connectivity index (χ1n) is 5.70. The number of carboxylic acids is 1. The van der Waals surface area contributed by atoms with Gasteiger partial charge >= 0.3 is 11.9 Å². The van der Waals surface area contributed by atoms with Crippen molar-refractivity contribution in [2.24, 2.45) is 0 Å². The fourth-order valence-corrected chi connectivity index (χ4v) is 2.36. The van der Waals surface area contributed by atoms with Crippen molar-refractivity contribution in [2.45, 2.75) is 13.3 Å². The summed E-state index contributed by atoms with van der Waals surface area (Å²) in [5, 5.41) is 8.88. The monoisotopic (exact) mass is 302 g/mol. The Balaban J connectivity index is 2.77. The first kappa shape index (κ1) is 15.9. The van der Waals surface area contributed by atoms with E-state index in [0.29, 0.717) is 0 Å². The Labute approximate surface area is 115 Å². The molecule has 0 spiro atoms. The summed E-state index contributed by atoms with van der Waals surface area (Å²) in [5.41, 5.74) is -0.559. The zero-order valence-electron chi connectivity index (χ0n) is 10.7. The number of nitrogens with one attached hydrogen (secondary N) is 1. The molecule has 0 fully saturated rings. The third kappa shape index (κ3) is 4.84. The van der Waals surface area contributed by atoms with Gasteiger partial charge < -0.3 is 9.84 Å². The molecule has 0 aromatic carbocycles. The van der Waals surface area contributed by atoms with Crippen LogP contribution in [-0.4, -0.2) is 42.8 Å². The van der Waals surface area contributed by atoms with Gasteiger partial charge in [0.2, 0.25) is 10.0 Å². The van der Waals surface area contributed by atoms with E-state index >= 15 is 0 Å². The number of hydrogen-bond acceptors (Lipinski definition) is 6. The van der Waals surface area contributed by atoms with Gasteiger partial charge in [0.1, 0.15) is 0 Å². The number of ether oxygens (including phenoxy) is 1. The Hall–Kier alpha value is -2.16. The lowest BCUT2D eigenvalue weighted by Gasteiger charge is -2.09. The van der Waals surface area contributed by atoms with E-state index in [1.165, 1.54) is 18.3 Å². The van der Waals surface area contributed by atoms with Gasteiger partial charge in [-0.2, -0.15) is 0 Å². The van der Waals surface area contributed by atoms with Crippen LogP contribution in [0.1, 0.15) is 23.8 Å². The molecule has 0 bridgehead atoms. The first-order valence-corrected chi connectivity index (χ1v) is 7.35. The van der Waals surface area contributed by atoms with Crippen LogP contribution >= 0.6 is 0 Å². The number of anilines is 1. The van der Waals surface area contributed by atoms with Crippen molar-refractivity contribution in [2.75, 3.05) is 17.1 Å².